The summed E-state index contributed by atoms with van der Waals surface area (Å²) in [6.07, 6.45) is 6.63. The van der Waals surface area contributed by atoms with Gasteiger partial charge in [0, 0.05) is 37.9 Å². The van der Waals surface area contributed by atoms with E-state index in [-0.39, 0.29) is 11.8 Å². The van der Waals surface area contributed by atoms with Crippen molar-refractivity contribution in [1.82, 2.24) is 26.1 Å². The lowest BCUT2D eigenvalue weighted by Crippen LogP contribution is -2.50. The van der Waals surface area contributed by atoms with E-state index < -0.39 is 0 Å². The van der Waals surface area contributed by atoms with Crippen molar-refractivity contribution in [1.29, 1.82) is 0 Å². The highest BCUT2D eigenvalue weighted by atomic mass is 32.1. The smallest absolute Gasteiger partial charge is 0.241 e. The van der Waals surface area contributed by atoms with Crippen LogP contribution in [0.1, 0.15) is 18.4 Å². The van der Waals surface area contributed by atoms with Gasteiger partial charge in [0.05, 0.1) is 6.20 Å². The van der Waals surface area contributed by atoms with Crippen molar-refractivity contribution in [3.05, 3.63) is 54.5 Å². The van der Waals surface area contributed by atoms with Gasteiger partial charge in [0.2, 0.25) is 5.91 Å². The van der Waals surface area contributed by atoms with Gasteiger partial charge in [-0.05, 0) is 30.6 Å². The minimum Gasteiger partial charge on any atom is -0.357 e. The average Bonchev–Trinajstić information content (AvgIpc) is 2.72. The summed E-state index contributed by atoms with van der Waals surface area (Å²) in [6.45, 7) is 2.18. The van der Waals surface area contributed by atoms with E-state index in [4.69, 9.17) is 12.2 Å². The van der Waals surface area contributed by atoms with Gasteiger partial charge in [-0.1, -0.05) is 30.3 Å². The second-order valence-corrected chi connectivity index (χ2v) is 6.52. The molecule has 0 unspecified atom stereocenters. The Hall–Kier alpha value is -2.74. The van der Waals surface area contributed by atoms with E-state index in [0.717, 1.165) is 37.3 Å². The number of rotatable bonds is 4. The molecule has 0 bridgehead atoms. The van der Waals surface area contributed by atoms with Crippen molar-refractivity contribution in [3.8, 4) is 0 Å². The van der Waals surface area contributed by atoms with Crippen LogP contribution in [0.3, 0.4) is 0 Å². The van der Waals surface area contributed by atoms with Crippen molar-refractivity contribution in [2.24, 2.45) is 5.92 Å². The van der Waals surface area contributed by atoms with Crippen LogP contribution < -0.4 is 21.1 Å². The normalized spacial score (nSPS) is 14.5. The predicted molar refractivity (Wildman–Crippen MR) is 104 cm³/mol. The predicted octanol–water partition coefficient (Wildman–Crippen LogP) is 1.39. The number of hydrogen-bond donors (Lipinski definition) is 3. The Kier molecular flexibility index (Phi) is 6.32. The molecule has 0 atom stereocenters. The molecule has 1 saturated heterocycles. The Morgan fingerprint density at radius 3 is 2.62 bits per heavy atom. The monoisotopic (exact) mass is 370 g/mol. The molecule has 2 aromatic rings. The summed E-state index contributed by atoms with van der Waals surface area (Å²) in [7, 11) is 0. The zero-order valence-corrected chi connectivity index (χ0v) is 15.2. The Morgan fingerprint density at radius 2 is 1.92 bits per heavy atom. The summed E-state index contributed by atoms with van der Waals surface area (Å²) in [5.74, 6) is 0.788. The van der Waals surface area contributed by atoms with Gasteiger partial charge in [0.25, 0.3) is 0 Å². The highest BCUT2D eigenvalue weighted by Gasteiger charge is 2.25. The third-order valence-corrected chi connectivity index (χ3v) is 4.58. The maximum atomic E-state index is 12.3. The second-order valence-electron chi connectivity index (χ2n) is 6.11. The van der Waals surface area contributed by atoms with Gasteiger partial charge in [-0.25, -0.2) is 4.98 Å². The van der Waals surface area contributed by atoms with E-state index in [9.17, 15) is 4.79 Å². The van der Waals surface area contributed by atoms with Crippen LogP contribution in [0.2, 0.25) is 0 Å². The summed E-state index contributed by atoms with van der Waals surface area (Å²) in [5, 5.41) is 3.47. The molecule has 7 nitrogen and oxygen atoms in total. The first kappa shape index (κ1) is 18.1. The van der Waals surface area contributed by atoms with Gasteiger partial charge < -0.3 is 10.2 Å². The van der Waals surface area contributed by atoms with E-state index in [1.54, 1.807) is 18.6 Å². The SMILES string of the molecule is O=C(NNC(=S)NCc1ccccc1)C1CCN(c2cnccn2)CC1. The number of hydrogen-bond acceptors (Lipinski definition) is 5. The van der Waals surface area contributed by atoms with Gasteiger partial charge in [0.1, 0.15) is 5.82 Å². The lowest BCUT2D eigenvalue weighted by molar-refractivity contribution is -0.126. The fraction of sp³-hybridized carbons (Fsp3) is 0.333. The summed E-state index contributed by atoms with van der Waals surface area (Å²) >= 11 is 5.20. The number of carbonyl (C=O) groups excluding carboxylic acids is 1. The topological polar surface area (TPSA) is 82.2 Å². The zero-order valence-electron chi connectivity index (χ0n) is 14.4. The van der Waals surface area contributed by atoms with Crippen LogP contribution in [0.25, 0.3) is 0 Å². The molecule has 8 heteroatoms. The number of carbonyl (C=O) groups is 1. The molecule has 2 heterocycles. The summed E-state index contributed by atoms with van der Waals surface area (Å²) in [6, 6.07) is 9.94. The van der Waals surface area contributed by atoms with Crippen molar-refractivity contribution in [2.45, 2.75) is 19.4 Å². The molecule has 1 amide bonds. The average molecular weight is 370 g/mol. The van der Waals surface area contributed by atoms with Crippen molar-refractivity contribution in [3.63, 3.8) is 0 Å². The van der Waals surface area contributed by atoms with Crippen molar-refractivity contribution >= 4 is 29.1 Å². The number of amides is 1. The first-order valence-electron chi connectivity index (χ1n) is 8.61. The number of piperidine rings is 1. The van der Waals surface area contributed by atoms with Crippen molar-refractivity contribution < 1.29 is 4.79 Å². The van der Waals surface area contributed by atoms with Gasteiger partial charge in [-0.15, -0.1) is 0 Å². The first-order chi connectivity index (χ1) is 12.7. The quantitative estimate of drug-likeness (QED) is 0.554. The van der Waals surface area contributed by atoms with Crippen LogP contribution in [0.15, 0.2) is 48.9 Å². The molecular weight excluding hydrogens is 348 g/mol. The van der Waals surface area contributed by atoms with E-state index in [0.29, 0.717) is 11.7 Å². The Bertz CT molecular complexity index is 719. The molecule has 3 N–H and O–H groups in total. The fourth-order valence-electron chi connectivity index (χ4n) is 2.87. The summed E-state index contributed by atoms with van der Waals surface area (Å²) < 4.78 is 0. The fourth-order valence-corrected chi connectivity index (χ4v) is 2.99. The van der Waals surface area contributed by atoms with E-state index >= 15 is 0 Å². The van der Waals surface area contributed by atoms with Crippen molar-refractivity contribution in [2.75, 3.05) is 18.0 Å². The maximum absolute atomic E-state index is 12.3. The highest BCUT2D eigenvalue weighted by Crippen LogP contribution is 2.20. The molecule has 1 aliphatic heterocycles. The van der Waals surface area contributed by atoms with Crippen LogP contribution in [-0.4, -0.2) is 34.1 Å². The lowest BCUT2D eigenvalue weighted by atomic mass is 9.96. The van der Waals surface area contributed by atoms with Crippen LogP contribution in [0.5, 0.6) is 0 Å². The third kappa shape index (κ3) is 5.13. The van der Waals surface area contributed by atoms with Gasteiger partial charge in [-0.2, -0.15) is 0 Å². The molecule has 0 saturated carbocycles. The standard InChI is InChI=1S/C18H22N6OS/c25-17(22-23-18(26)21-12-14-4-2-1-3-5-14)15-6-10-24(11-7-15)16-13-19-8-9-20-16/h1-5,8-9,13,15H,6-7,10-12H2,(H,22,25)(H2,21,23,26). The molecule has 0 radical (unpaired) electrons. The number of nitrogens with zero attached hydrogens (tertiary/aromatic N) is 3. The number of anilines is 1. The van der Waals surface area contributed by atoms with E-state index in [1.165, 1.54) is 0 Å². The Balaban J connectivity index is 1.37. The second kappa shape index (κ2) is 9.10. The molecule has 136 valence electrons. The molecule has 1 aromatic heterocycles. The number of benzene rings is 1. The first-order valence-corrected chi connectivity index (χ1v) is 9.02. The minimum absolute atomic E-state index is 0.0346. The van der Waals surface area contributed by atoms with Crippen LogP contribution in [0, 0.1) is 5.92 Å². The number of aromatic nitrogens is 2. The number of hydrazine groups is 1. The highest BCUT2D eigenvalue weighted by molar-refractivity contribution is 7.80. The molecule has 0 spiro atoms. The van der Waals surface area contributed by atoms with Crippen LogP contribution in [-0.2, 0) is 11.3 Å². The summed E-state index contributed by atoms with van der Waals surface area (Å²) in [4.78, 5) is 22.9. The van der Waals surface area contributed by atoms with E-state index in [1.807, 2.05) is 30.3 Å². The molecule has 3 rings (SSSR count). The Morgan fingerprint density at radius 1 is 1.15 bits per heavy atom. The molecule has 1 aromatic carbocycles. The van der Waals surface area contributed by atoms with E-state index in [2.05, 4.69) is 31.0 Å². The molecule has 1 fully saturated rings. The number of nitrogens with one attached hydrogen (secondary N) is 3. The molecular formula is C18H22N6OS. The molecule has 0 aliphatic carbocycles. The van der Waals surface area contributed by atoms with Gasteiger partial charge in [-0.3, -0.25) is 20.6 Å². The molecule has 26 heavy (non-hydrogen) atoms. The summed E-state index contributed by atoms with van der Waals surface area (Å²) in [5.41, 5.74) is 6.61. The van der Waals surface area contributed by atoms with Crippen LogP contribution >= 0.6 is 12.2 Å². The zero-order chi connectivity index (χ0) is 18.2. The lowest BCUT2D eigenvalue weighted by Gasteiger charge is -2.31. The third-order valence-electron chi connectivity index (χ3n) is 4.33. The van der Waals surface area contributed by atoms with Gasteiger partial charge >= 0.3 is 0 Å². The Labute approximate surface area is 158 Å². The van der Waals surface area contributed by atoms with Gasteiger partial charge in [0.15, 0.2) is 5.11 Å². The maximum Gasteiger partial charge on any atom is 0.241 e. The molecule has 1 aliphatic rings. The number of thiocarbonyl (C=S) groups is 1. The van der Waals surface area contributed by atoms with Crippen LogP contribution in [0.4, 0.5) is 5.82 Å². The minimum atomic E-state index is -0.0349. The largest absolute Gasteiger partial charge is 0.357 e.